The number of aryl methyl sites for hydroxylation is 1. The topological polar surface area (TPSA) is 92.7 Å². The molecule has 1 aromatic carbocycles. The summed E-state index contributed by atoms with van der Waals surface area (Å²) in [6.45, 7) is 2.82. The Morgan fingerprint density at radius 2 is 2.19 bits per heavy atom. The Kier molecular flexibility index (Phi) is 4.05. The van der Waals surface area contributed by atoms with Crippen LogP contribution in [0.4, 0.5) is 4.39 Å². The van der Waals surface area contributed by atoms with Gasteiger partial charge < -0.3 is 9.84 Å². The van der Waals surface area contributed by atoms with E-state index < -0.39 is 33.3 Å². The highest BCUT2D eigenvalue weighted by atomic mass is 32.2. The van der Waals surface area contributed by atoms with E-state index in [-0.39, 0.29) is 18.1 Å². The highest BCUT2D eigenvalue weighted by Gasteiger charge is 2.48. The minimum Gasteiger partial charge on any atom is -0.481 e. The number of nitrogens with one attached hydrogen (secondary N) is 1. The second kappa shape index (κ2) is 5.36. The monoisotopic (exact) mass is 317 g/mol. The molecule has 0 saturated carbocycles. The van der Waals surface area contributed by atoms with Crippen LogP contribution in [0.5, 0.6) is 0 Å². The predicted octanol–water partition coefficient (Wildman–Crippen LogP) is 0.902. The van der Waals surface area contributed by atoms with Crippen molar-refractivity contribution >= 4 is 16.0 Å². The summed E-state index contributed by atoms with van der Waals surface area (Å²) >= 11 is 0. The van der Waals surface area contributed by atoms with E-state index in [1.54, 1.807) is 0 Å². The fourth-order valence-corrected chi connectivity index (χ4v) is 3.75. The molecular weight excluding hydrogens is 301 g/mol. The van der Waals surface area contributed by atoms with E-state index in [1.807, 2.05) is 0 Å². The van der Waals surface area contributed by atoms with Gasteiger partial charge in [0.15, 0.2) is 0 Å². The molecule has 0 radical (unpaired) electrons. The molecule has 1 saturated heterocycles. The van der Waals surface area contributed by atoms with Crippen LogP contribution in [-0.4, -0.2) is 38.7 Å². The van der Waals surface area contributed by atoms with Crippen molar-refractivity contribution in [3.05, 3.63) is 29.6 Å². The molecule has 2 unspecified atom stereocenters. The maximum Gasteiger partial charge on any atom is 0.313 e. The van der Waals surface area contributed by atoms with Crippen molar-refractivity contribution in [3.8, 4) is 0 Å². The first kappa shape index (κ1) is 15.9. The summed E-state index contributed by atoms with van der Waals surface area (Å²) in [5.74, 6) is -1.83. The summed E-state index contributed by atoms with van der Waals surface area (Å²) in [7, 11) is -4.03. The van der Waals surface area contributed by atoms with Gasteiger partial charge in [-0.2, -0.15) is 0 Å². The van der Waals surface area contributed by atoms with Gasteiger partial charge in [0, 0.05) is 0 Å². The number of sulfonamides is 1. The Morgan fingerprint density at radius 1 is 1.52 bits per heavy atom. The summed E-state index contributed by atoms with van der Waals surface area (Å²) in [6.07, 6.45) is 0. The lowest BCUT2D eigenvalue weighted by atomic mass is 9.86. The molecule has 116 valence electrons. The van der Waals surface area contributed by atoms with Gasteiger partial charge in [0.05, 0.1) is 24.2 Å². The second-order valence-corrected chi connectivity index (χ2v) is 7.00. The predicted molar refractivity (Wildman–Crippen MR) is 71.8 cm³/mol. The lowest BCUT2D eigenvalue weighted by Gasteiger charge is -2.25. The second-order valence-electron chi connectivity index (χ2n) is 5.32. The summed E-state index contributed by atoms with van der Waals surface area (Å²) in [5.41, 5.74) is -0.978. The van der Waals surface area contributed by atoms with Crippen molar-refractivity contribution in [1.29, 1.82) is 0 Å². The molecule has 0 spiro atoms. The molecule has 8 heteroatoms. The molecule has 1 aliphatic heterocycles. The quantitative estimate of drug-likeness (QED) is 0.861. The number of ether oxygens (including phenoxy) is 1. The summed E-state index contributed by atoms with van der Waals surface area (Å²) in [4.78, 5) is 11.1. The van der Waals surface area contributed by atoms with E-state index in [2.05, 4.69) is 4.72 Å². The highest BCUT2D eigenvalue weighted by Crippen LogP contribution is 2.30. The van der Waals surface area contributed by atoms with Crippen molar-refractivity contribution in [2.75, 3.05) is 13.2 Å². The van der Waals surface area contributed by atoms with Crippen molar-refractivity contribution in [3.63, 3.8) is 0 Å². The van der Waals surface area contributed by atoms with Crippen LogP contribution in [0.1, 0.15) is 12.5 Å². The Hall–Kier alpha value is -1.51. The third-order valence-corrected chi connectivity index (χ3v) is 5.29. The average molecular weight is 317 g/mol. The normalized spacial score (nSPS) is 26.0. The molecule has 2 N–H and O–H groups in total. The lowest BCUT2D eigenvalue weighted by Crippen LogP contribution is -2.49. The summed E-state index contributed by atoms with van der Waals surface area (Å²) in [5, 5.41) is 9.23. The number of hydrogen-bond acceptors (Lipinski definition) is 4. The minimum atomic E-state index is -4.03. The SMILES string of the molecule is Cc1ccc(F)cc1S(=O)(=O)NC1COCC1(C)C(=O)O. The van der Waals surface area contributed by atoms with Gasteiger partial charge >= 0.3 is 5.97 Å². The molecule has 0 bridgehead atoms. The van der Waals surface area contributed by atoms with Crippen LogP contribution >= 0.6 is 0 Å². The van der Waals surface area contributed by atoms with Crippen molar-refractivity contribution in [2.24, 2.45) is 5.41 Å². The molecule has 1 aliphatic rings. The van der Waals surface area contributed by atoms with Gasteiger partial charge in [-0.15, -0.1) is 0 Å². The van der Waals surface area contributed by atoms with Crippen molar-refractivity contribution in [1.82, 2.24) is 4.72 Å². The third kappa shape index (κ3) is 2.92. The number of hydrogen-bond donors (Lipinski definition) is 2. The average Bonchev–Trinajstić information content (AvgIpc) is 2.74. The standard InChI is InChI=1S/C13H16FNO5S/c1-8-3-4-9(14)5-10(8)21(18,19)15-11-6-20-7-13(11,2)12(16)17/h3-5,11,15H,6-7H2,1-2H3,(H,16,17). The Bertz CT molecular complexity index is 675. The third-order valence-electron chi connectivity index (χ3n) is 3.68. The Morgan fingerprint density at radius 3 is 2.81 bits per heavy atom. The van der Waals surface area contributed by atoms with Crippen LogP contribution in [0.25, 0.3) is 0 Å². The first-order valence-corrected chi connectivity index (χ1v) is 7.75. The van der Waals surface area contributed by atoms with Crippen LogP contribution in [0.15, 0.2) is 23.1 Å². The Labute approximate surface area is 122 Å². The zero-order valence-electron chi connectivity index (χ0n) is 11.6. The first-order chi connectivity index (χ1) is 9.67. The lowest BCUT2D eigenvalue weighted by molar-refractivity contribution is -0.148. The number of aliphatic carboxylic acids is 1. The molecule has 1 heterocycles. The van der Waals surface area contributed by atoms with Crippen LogP contribution in [0, 0.1) is 18.2 Å². The zero-order valence-corrected chi connectivity index (χ0v) is 12.4. The number of halogens is 1. The fraction of sp³-hybridized carbons (Fsp3) is 0.462. The number of rotatable bonds is 4. The number of benzene rings is 1. The smallest absolute Gasteiger partial charge is 0.313 e. The van der Waals surface area contributed by atoms with E-state index in [1.165, 1.54) is 19.9 Å². The molecule has 0 aliphatic carbocycles. The largest absolute Gasteiger partial charge is 0.481 e. The molecule has 1 fully saturated rings. The first-order valence-electron chi connectivity index (χ1n) is 6.26. The van der Waals surface area contributed by atoms with Gasteiger partial charge in [-0.25, -0.2) is 17.5 Å². The fourth-order valence-electron chi connectivity index (χ4n) is 2.16. The van der Waals surface area contributed by atoms with Gasteiger partial charge in [0.1, 0.15) is 11.2 Å². The molecule has 2 atom stereocenters. The van der Waals surface area contributed by atoms with E-state index in [4.69, 9.17) is 4.74 Å². The maximum atomic E-state index is 13.3. The molecule has 6 nitrogen and oxygen atoms in total. The van der Waals surface area contributed by atoms with E-state index >= 15 is 0 Å². The Balaban J connectivity index is 2.34. The molecule has 21 heavy (non-hydrogen) atoms. The van der Waals surface area contributed by atoms with Crippen LogP contribution < -0.4 is 4.72 Å². The van der Waals surface area contributed by atoms with Gasteiger partial charge in [0.2, 0.25) is 10.0 Å². The number of carboxylic acid groups (broad SMARTS) is 1. The van der Waals surface area contributed by atoms with E-state index in [0.29, 0.717) is 5.56 Å². The highest BCUT2D eigenvalue weighted by molar-refractivity contribution is 7.89. The minimum absolute atomic E-state index is 0.0452. The number of carboxylic acids is 1. The van der Waals surface area contributed by atoms with E-state index in [0.717, 1.165) is 12.1 Å². The molecular formula is C13H16FNO5S. The zero-order chi connectivity index (χ0) is 15.8. The molecule has 1 aromatic rings. The van der Waals surface area contributed by atoms with Gasteiger partial charge in [0.25, 0.3) is 0 Å². The summed E-state index contributed by atoms with van der Waals surface area (Å²) < 4.78 is 45.4. The number of carbonyl (C=O) groups is 1. The van der Waals surface area contributed by atoms with Crippen LogP contribution in [0.3, 0.4) is 0 Å². The van der Waals surface area contributed by atoms with Crippen LogP contribution in [0.2, 0.25) is 0 Å². The van der Waals surface area contributed by atoms with Gasteiger partial charge in [-0.3, -0.25) is 4.79 Å². The maximum absolute atomic E-state index is 13.3. The molecule has 0 amide bonds. The van der Waals surface area contributed by atoms with Crippen molar-refractivity contribution in [2.45, 2.75) is 24.8 Å². The van der Waals surface area contributed by atoms with Crippen molar-refractivity contribution < 1.29 is 27.4 Å². The van der Waals surface area contributed by atoms with Gasteiger partial charge in [-0.05, 0) is 31.5 Å². The molecule has 0 aromatic heterocycles. The summed E-state index contributed by atoms with van der Waals surface area (Å²) in [6, 6.07) is 2.51. The van der Waals surface area contributed by atoms with Crippen LogP contribution in [-0.2, 0) is 19.6 Å². The van der Waals surface area contributed by atoms with E-state index in [9.17, 15) is 22.7 Å². The van der Waals surface area contributed by atoms with Gasteiger partial charge in [-0.1, -0.05) is 6.07 Å². The molecule has 2 rings (SSSR count).